The minimum Gasteiger partial charge on any atom is -0.488 e. The molecule has 0 aliphatic carbocycles. The maximum atomic E-state index is 11.8. The number of esters is 1. The van der Waals surface area contributed by atoms with Crippen LogP contribution < -0.4 is 15.4 Å². The van der Waals surface area contributed by atoms with E-state index >= 15 is 0 Å². The van der Waals surface area contributed by atoms with Crippen LogP contribution >= 0.6 is 12.2 Å². The summed E-state index contributed by atoms with van der Waals surface area (Å²) in [5.41, 5.74) is 2.50. The van der Waals surface area contributed by atoms with Crippen molar-refractivity contribution in [3.8, 4) is 5.75 Å². The number of methoxy groups -OCH3 is 1. The third-order valence-electron chi connectivity index (χ3n) is 3.71. The molecule has 0 bridgehead atoms. The Hall–Kier alpha value is -3.19. The van der Waals surface area contributed by atoms with Gasteiger partial charge in [0.1, 0.15) is 18.1 Å². The van der Waals surface area contributed by atoms with E-state index < -0.39 is 0 Å². The first-order valence-electron chi connectivity index (χ1n) is 7.80. The van der Waals surface area contributed by atoms with E-state index in [0.29, 0.717) is 23.6 Å². The minimum atomic E-state index is -0.380. The van der Waals surface area contributed by atoms with Crippen LogP contribution in [0.25, 0.3) is 6.08 Å². The van der Waals surface area contributed by atoms with Crippen molar-refractivity contribution in [2.75, 3.05) is 7.11 Å². The van der Waals surface area contributed by atoms with Crippen LogP contribution in [0, 0.1) is 0 Å². The first kappa shape index (κ1) is 17.6. The van der Waals surface area contributed by atoms with Crippen molar-refractivity contribution in [1.29, 1.82) is 0 Å². The average Bonchev–Trinajstić information content (AvgIpc) is 2.97. The zero-order valence-corrected chi connectivity index (χ0v) is 14.8. The van der Waals surface area contributed by atoms with Crippen molar-refractivity contribution in [2.24, 2.45) is 0 Å². The van der Waals surface area contributed by atoms with Gasteiger partial charge in [-0.25, -0.2) is 4.79 Å². The van der Waals surface area contributed by atoms with Crippen LogP contribution in [0.4, 0.5) is 0 Å². The van der Waals surface area contributed by atoms with Gasteiger partial charge in [0.05, 0.1) is 12.7 Å². The first-order valence-corrected chi connectivity index (χ1v) is 8.21. The Morgan fingerprint density at radius 3 is 2.50 bits per heavy atom. The zero-order valence-electron chi connectivity index (χ0n) is 13.9. The van der Waals surface area contributed by atoms with Gasteiger partial charge in [-0.15, -0.1) is 0 Å². The SMILES string of the molecule is COC(=O)c1ccc(COc2ccccc2/C=C2\NC(=S)NC2=O)cc1. The van der Waals surface area contributed by atoms with E-state index in [0.717, 1.165) is 11.1 Å². The summed E-state index contributed by atoms with van der Waals surface area (Å²) in [6.45, 7) is 0.319. The average molecular weight is 368 g/mol. The molecule has 6 nitrogen and oxygen atoms in total. The molecule has 0 spiro atoms. The highest BCUT2D eigenvalue weighted by atomic mass is 32.1. The molecule has 2 aromatic rings. The minimum absolute atomic E-state index is 0.275. The number of thiocarbonyl (C=S) groups is 1. The van der Waals surface area contributed by atoms with Crippen LogP contribution in [-0.2, 0) is 16.1 Å². The van der Waals surface area contributed by atoms with Crippen LogP contribution in [0.2, 0.25) is 0 Å². The molecule has 0 unspecified atom stereocenters. The number of carbonyl (C=O) groups is 2. The second-order valence-electron chi connectivity index (χ2n) is 5.48. The van der Waals surface area contributed by atoms with Gasteiger partial charge in [-0.1, -0.05) is 30.3 Å². The molecule has 0 atom stereocenters. The quantitative estimate of drug-likeness (QED) is 0.479. The molecule has 2 N–H and O–H groups in total. The molecular weight excluding hydrogens is 352 g/mol. The van der Waals surface area contributed by atoms with E-state index in [-0.39, 0.29) is 17.0 Å². The first-order chi connectivity index (χ1) is 12.6. The normalized spacial score (nSPS) is 14.7. The van der Waals surface area contributed by atoms with Crippen molar-refractivity contribution in [1.82, 2.24) is 10.6 Å². The Balaban J connectivity index is 1.73. The van der Waals surface area contributed by atoms with E-state index in [9.17, 15) is 9.59 Å². The monoisotopic (exact) mass is 368 g/mol. The predicted octanol–water partition coefficient (Wildman–Crippen LogP) is 2.40. The largest absolute Gasteiger partial charge is 0.488 e. The van der Waals surface area contributed by atoms with Gasteiger partial charge in [0.25, 0.3) is 5.91 Å². The Morgan fingerprint density at radius 1 is 1.12 bits per heavy atom. The lowest BCUT2D eigenvalue weighted by Gasteiger charge is -2.10. The molecule has 132 valence electrons. The summed E-state index contributed by atoms with van der Waals surface area (Å²) in [6.07, 6.45) is 1.68. The van der Waals surface area contributed by atoms with Gasteiger partial charge in [0, 0.05) is 5.56 Å². The van der Waals surface area contributed by atoms with Crippen LogP contribution in [0.15, 0.2) is 54.2 Å². The number of benzene rings is 2. The fraction of sp³-hybridized carbons (Fsp3) is 0.105. The maximum absolute atomic E-state index is 11.8. The molecule has 1 amide bonds. The number of carbonyl (C=O) groups excluding carboxylic acids is 2. The molecule has 1 fully saturated rings. The molecular formula is C19H16N2O4S. The Morgan fingerprint density at radius 2 is 1.85 bits per heavy atom. The highest BCUT2D eigenvalue weighted by Gasteiger charge is 2.20. The van der Waals surface area contributed by atoms with E-state index in [4.69, 9.17) is 17.0 Å². The summed E-state index contributed by atoms with van der Waals surface area (Å²) in [6, 6.07) is 14.4. The number of nitrogens with one attached hydrogen (secondary N) is 2. The van der Waals surface area contributed by atoms with Crippen molar-refractivity contribution in [3.63, 3.8) is 0 Å². The maximum Gasteiger partial charge on any atom is 0.337 e. The number of hydrogen-bond donors (Lipinski definition) is 2. The Kier molecular flexibility index (Phi) is 5.28. The fourth-order valence-corrected chi connectivity index (χ4v) is 2.59. The van der Waals surface area contributed by atoms with Gasteiger partial charge in [0.15, 0.2) is 5.11 Å². The van der Waals surface area contributed by atoms with Gasteiger partial charge in [-0.05, 0) is 42.1 Å². The van der Waals surface area contributed by atoms with Crippen LogP contribution in [-0.4, -0.2) is 24.1 Å². The van der Waals surface area contributed by atoms with Gasteiger partial charge in [0.2, 0.25) is 0 Å². The molecule has 26 heavy (non-hydrogen) atoms. The lowest BCUT2D eigenvalue weighted by Crippen LogP contribution is -2.21. The second-order valence-corrected chi connectivity index (χ2v) is 5.89. The zero-order chi connectivity index (χ0) is 18.5. The molecule has 3 rings (SSSR count). The number of ether oxygens (including phenoxy) is 2. The molecule has 1 saturated heterocycles. The standard InChI is InChI=1S/C19H16N2O4S/c1-24-18(23)13-8-6-12(7-9-13)11-25-16-5-3-2-4-14(16)10-15-17(22)21-19(26)20-15/h2-10H,11H2,1H3,(H2,20,21,22,26)/b15-10-. The predicted molar refractivity (Wildman–Crippen MR) is 100 cm³/mol. The van der Waals surface area contributed by atoms with Crippen molar-refractivity contribution >= 4 is 35.3 Å². The summed E-state index contributed by atoms with van der Waals surface area (Å²) < 4.78 is 10.5. The molecule has 1 heterocycles. The van der Waals surface area contributed by atoms with E-state index in [1.54, 1.807) is 30.3 Å². The molecule has 7 heteroatoms. The van der Waals surface area contributed by atoms with Crippen molar-refractivity contribution in [3.05, 3.63) is 70.9 Å². The lowest BCUT2D eigenvalue weighted by atomic mass is 10.1. The van der Waals surface area contributed by atoms with E-state index in [2.05, 4.69) is 15.4 Å². The molecule has 0 saturated carbocycles. The smallest absolute Gasteiger partial charge is 0.337 e. The summed E-state index contributed by atoms with van der Waals surface area (Å²) in [4.78, 5) is 23.2. The molecule has 1 aliphatic heterocycles. The van der Waals surface area contributed by atoms with Crippen LogP contribution in [0.1, 0.15) is 21.5 Å². The van der Waals surface area contributed by atoms with Gasteiger partial charge >= 0.3 is 5.97 Å². The van der Waals surface area contributed by atoms with Crippen LogP contribution in [0.5, 0.6) is 5.75 Å². The van der Waals surface area contributed by atoms with E-state index in [1.165, 1.54) is 7.11 Å². The van der Waals surface area contributed by atoms with Crippen molar-refractivity contribution < 1.29 is 19.1 Å². The number of rotatable bonds is 5. The van der Waals surface area contributed by atoms with Gasteiger partial charge in [-0.2, -0.15) is 0 Å². The lowest BCUT2D eigenvalue weighted by molar-refractivity contribution is -0.115. The Bertz CT molecular complexity index is 891. The third-order valence-corrected chi connectivity index (χ3v) is 3.91. The second kappa shape index (κ2) is 7.79. The molecule has 0 aromatic heterocycles. The topological polar surface area (TPSA) is 76.7 Å². The van der Waals surface area contributed by atoms with E-state index in [1.807, 2.05) is 24.3 Å². The van der Waals surface area contributed by atoms with Gasteiger partial charge < -0.3 is 14.8 Å². The molecule has 2 aromatic carbocycles. The number of amides is 1. The van der Waals surface area contributed by atoms with Crippen LogP contribution in [0.3, 0.4) is 0 Å². The summed E-state index contributed by atoms with van der Waals surface area (Å²) in [5, 5.41) is 5.61. The van der Waals surface area contributed by atoms with Gasteiger partial charge in [-0.3, -0.25) is 10.1 Å². The number of hydrogen-bond acceptors (Lipinski definition) is 5. The molecule has 1 aliphatic rings. The molecule has 0 radical (unpaired) electrons. The van der Waals surface area contributed by atoms with Crippen molar-refractivity contribution in [2.45, 2.75) is 6.61 Å². The third kappa shape index (κ3) is 4.07. The summed E-state index contributed by atoms with van der Waals surface area (Å²) in [5.74, 6) is -0.0256. The highest BCUT2D eigenvalue weighted by molar-refractivity contribution is 7.80. The number of para-hydroxylation sites is 1. The Labute approximate surface area is 155 Å². The summed E-state index contributed by atoms with van der Waals surface area (Å²) in [7, 11) is 1.34. The summed E-state index contributed by atoms with van der Waals surface area (Å²) >= 11 is 4.93. The highest BCUT2D eigenvalue weighted by Crippen LogP contribution is 2.22. The fourth-order valence-electron chi connectivity index (χ4n) is 2.39.